The highest BCUT2D eigenvalue weighted by atomic mass is 32.1. The zero-order chi connectivity index (χ0) is 37.6. The summed E-state index contributed by atoms with van der Waals surface area (Å²) in [6, 6.07) is 4.13. The summed E-state index contributed by atoms with van der Waals surface area (Å²) in [6.07, 6.45) is -4.51. The van der Waals surface area contributed by atoms with Gasteiger partial charge in [0, 0.05) is 48.5 Å². The van der Waals surface area contributed by atoms with Crippen LogP contribution in [0.4, 0.5) is 37.2 Å². The number of thiophene rings is 1. The number of hydrogen-bond donors (Lipinski definition) is 2. The lowest BCUT2D eigenvalue weighted by molar-refractivity contribution is -0.137. The van der Waals surface area contributed by atoms with E-state index >= 15 is 17.6 Å². The number of alkyl halides is 4. The molecule has 3 aliphatic heterocycles. The maximum Gasteiger partial charge on any atom is 0.417 e. The number of carbonyl (C=O) groups is 1. The lowest BCUT2D eigenvalue weighted by Crippen LogP contribution is -2.43. The number of amides is 1. The van der Waals surface area contributed by atoms with Crippen LogP contribution in [0.2, 0.25) is 0 Å². The molecule has 0 bridgehead atoms. The summed E-state index contributed by atoms with van der Waals surface area (Å²) in [5.74, 6) is -2.70. The van der Waals surface area contributed by atoms with E-state index in [2.05, 4.69) is 20.4 Å². The molecule has 2 aromatic carbocycles. The molecule has 5 aromatic rings. The number of ether oxygens (including phenoxy) is 1. The van der Waals surface area contributed by atoms with Gasteiger partial charge in [-0.1, -0.05) is 6.07 Å². The summed E-state index contributed by atoms with van der Waals surface area (Å²) < 4.78 is 99.6. The average Bonchev–Trinajstić information content (AvgIpc) is 3.86. The molecule has 3 N–H and O–H groups in total. The van der Waals surface area contributed by atoms with Crippen molar-refractivity contribution in [2.24, 2.45) is 0 Å². The molecule has 2 unspecified atom stereocenters. The van der Waals surface area contributed by atoms with Crippen molar-refractivity contribution < 1.29 is 35.9 Å². The second kappa shape index (κ2) is 12.5. The Morgan fingerprint density at radius 1 is 1.23 bits per heavy atom. The highest BCUT2D eigenvalue weighted by Gasteiger charge is 2.49. The fourth-order valence-corrected chi connectivity index (χ4v) is 9.05. The Morgan fingerprint density at radius 2 is 2.02 bits per heavy atom. The molecule has 2 fully saturated rings. The molecule has 3 aromatic heterocycles. The Bertz CT molecular complexity index is 2390. The smallest absolute Gasteiger partial charge is 0.417 e. The molecule has 18 heteroatoms. The van der Waals surface area contributed by atoms with E-state index in [4.69, 9.17) is 10.5 Å². The fraction of sp³-hybridized carbons (Fsp3) is 0.400. The van der Waals surface area contributed by atoms with Gasteiger partial charge in [-0.05, 0) is 44.0 Å². The summed E-state index contributed by atoms with van der Waals surface area (Å²) in [4.78, 5) is 25.0. The van der Waals surface area contributed by atoms with E-state index < -0.39 is 52.1 Å². The van der Waals surface area contributed by atoms with E-state index in [-0.39, 0.29) is 88.3 Å². The SMILES string of the molecule is CNC(=O)c1nn2c(c1C)CN(c1nc(OCC34CCCN3CC(F)C4)nc3c(F)c(-c4ccc(F)c5sc(N)c(C#N)c45)c(C(F)(F)F)cc13)CC2. The van der Waals surface area contributed by atoms with E-state index in [1.165, 1.54) is 7.05 Å². The molecule has 1 amide bonds. The maximum absolute atomic E-state index is 17.2. The van der Waals surface area contributed by atoms with Crippen LogP contribution in [0.1, 0.15) is 52.1 Å². The van der Waals surface area contributed by atoms with Crippen molar-refractivity contribution in [3.8, 4) is 23.2 Å². The molecule has 8 rings (SSSR count). The molecule has 11 nitrogen and oxygen atoms in total. The molecule has 2 saturated heterocycles. The van der Waals surface area contributed by atoms with Gasteiger partial charge < -0.3 is 20.7 Å². The molecular weight excluding hydrogens is 725 g/mol. The lowest BCUT2D eigenvalue weighted by atomic mass is 9.92. The number of aromatic nitrogens is 4. The van der Waals surface area contributed by atoms with Crippen LogP contribution < -0.4 is 20.7 Å². The first-order valence-corrected chi connectivity index (χ1v) is 17.6. The second-order valence-electron chi connectivity index (χ2n) is 13.6. The monoisotopic (exact) mass is 755 g/mol. The predicted molar refractivity (Wildman–Crippen MR) is 184 cm³/mol. The molecular formula is C35H31F6N9O2S. The number of nitrogens with one attached hydrogen (secondary N) is 1. The molecule has 2 atom stereocenters. The minimum absolute atomic E-state index is 0.0346. The molecule has 0 aliphatic carbocycles. The number of carbonyl (C=O) groups excluding carboxylic acids is 1. The van der Waals surface area contributed by atoms with Gasteiger partial charge in [-0.3, -0.25) is 14.4 Å². The third-order valence-electron chi connectivity index (χ3n) is 10.6. The Morgan fingerprint density at radius 3 is 2.75 bits per heavy atom. The highest BCUT2D eigenvalue weighted by molar-refractivity contribution is 7.23. The van der Waals surface area contributed by atoms with Crippen molar-refractivity contribution in [3.05, 3.63) is 57.9 Å². The van der Waals surface area contributed by atoms with Crippen molar-refractivity contribution in [3.63, 3.8) is 0 Å². The zero-order valence-electron chi connectivity index (χ0n) is 28.4. The number of rotatable bonds is 6. The van der Waals surface area contributed by atoms with Crippen molar-refractivity contribution >= 4 is 49.1 Å². The first-order chi connectivity index (χ1) is 25.2. The minimum atomic E-state index is -5.14. The Kier molecular flexibility index (Phi) is 8.22. The van der Waals surface area contributed by atoms with Gasteiger partial charge in [-0.25, -0.2) is 13.2 Å². The Hall–Kier alpha value is -5.15. The van der Waals surface area contributed by atoms with Gasteiger partial charge in [-0.15, -0.1) is 11.3 Å². The van der Waals surface area contributed by atoms with E-state index in [0.29, 0.717) is 35.6 Å². The van der Waals surface area contributed by atoms with Gasteiger partial charge in [-0.2, -0.15) is 33.5 Å². The van der Waals surface area contributed by atoms with Gasteiger partial charge in [0.15, 0.2) is 11.5 Å². The zero-order valence-corrected chi connectivity index (χ0v) is 29.2. The second-order valence-corrected chi connectivity index (χ2v) is 14.6. The molecule has 0 radical (unpaired) electrons. The molecule has 276 valence electrons. The van der Waals surface area contributed by atoms with Crippen LogP contribution in [0.25, 0.3) is 32.1 Å². The van der Waals surface area contributed by atoms with Gasteiger partial charge in [0.05, 0.1) is 40.1 Å². The summed E-state index contributed by atoms with van der Waals surface area (Å²) in [7, 11) is 1.47. The number of fused-ring (bicyclic) bond motifs is 4. The normalized spacial score (nSPS) is 20.2. The van der Waals surface area contributed by atoms with Gasteiger partial charge in [0.25, 0.3) is 5.91 Å². The first-order valence-electron chi connectivity index (χ1n) is 16.8. The standard InChI is InChI=1S/C35H31F6N9O2S/c1-16-23-14-48(8-9-50(23)47-27(16)32(51)44-2)31-19-10-21(35(39,40)41)25(18-4-5-22(37)29-24(18)20(12-42)30(43)53-29)26(38)28(19)45-33(46-31)52-15-34-6-3-7-49(34)13-17(36)11-34/h4-5,10,17H,3,6-9,11,13-15,43H2,1-2H3,(H,44,51). The summed E-state index contributed by atoms with van der Waals surface area (Å²) in [6.45, 7) is 3.02. The maximum atomic E-state index is 17.2. The van der Waals surface area contributed by atoms with Gasteiger partial charge in [0.1, 0.15) is 41.0 Å². The molecule has 53 heavy (non-hydrogen) atoms. The highest BCUT2D eigenvalue weighted by Crippen LogP contribution is 2.48. The summed E-state index contributed by atoms with van der Waals surface area (Å²) in [5.41, 5.74) is 3.16. The van der Waals surface area contributed by atoms with Gasteiger partial charge in [0.2, 0.25) is 0 Å². The number of halogens is 6. The van der Waals surface area contributed by atoms with E-state index in [0.717, 1.165) is 24.6 Å². The van der Waals surface area contributed by atoms with Crippen LogP contribution in [0, 0.1) is 29.9 Å². The number of nitrogen functional groups attached to an aromatic ring is 1. The third-order valence-corrected chi connectivity index (χ3v) is 11.6. The van der Waals surface area contributed by atoms with Crippen molar-refractivity contribution in [1.29, 1.82) is 5.26 Å². The van der Waals surface area contributed by atoms with Crippen LogP contribution in [0.3, 0.4) is 0 Å². The van der Waals surface area contributed by atoms with Crippen molar-refractivity contribution in [2.45, 2.75) is 57.2 Å². The Labute approximate surface area is 301 Å². The number of benzene rings is 2. The molecule has 0 spiro atoms. The fourth-order valence-electron chi connectivity index (χ4n) is 8.10. The van der Waals surface area contributed by atoms with Crippen LogP contribution in [0.5, 0.6) is 6.01 Å². The van der Waals surface area contributed by atoms with E-state index in [1.54, 1.807) is 16.5 Å². The third kappa shape index (κ3) is 5.50. The predicted octanol–water partition coefficient (Wildman–Crippen LogP) is 6.10. The number of hydrogen-bond acceptors (Lipinski definition) is 10. The van der Waals surface area contributed by atoms with Crippen LogP contribution in [-0.2, 0) is 19.3 Å². The van der Waals surface area contributed by atoms with Crippen molar-refractivity contribution in [1.82, 2.24) is 30.0 Å². The number of nitrogens with zero attached hydrogens (tertiary/aromatic N) is 7. The largest absolute Gasteiger partial charge is 0.461 e. The number of nitrogens with two attached hydrogens (primary N) is 1. The molecule has 6 heterocycles. The lowest BCUT2D eigenvalue weighted by Gasteiger charge is -2.32. The number of anilines is 2. The van der Waals surface area contributed by atoms with E-state index in [9.17, 15) is 18.8 Å². The quantitative estimate of drug-likeness (QED) is 0.197. The van der Waals surface area contributed by atoms with Crippen LogP contribution >= 0.6 is 11.3 Å². The van der Waals surface area contributed by atoms with Crippen LogP contribution in [0.15, 0.2) is 18.2 Å². The molecule has 3 aliphatic rings. The van der Waals surface area contributed by atoms with Gasteiger partial charge >= 0.3 is 12.2 Å². The Balaban J connectivity index is 1.34. The van der Waals surface area contributed by atoms with Crippen molar-refractivity contribution in [2.75, 3.05) is 43.9 Å². The minimum Gasteiger partial charge on any atom is -0.461 e. The first kappa shape index (κ1) is 34.9. The average molecular weight is 756 g/mol. The van der Waals surface area contributed by atoms with Crippen LogP contribution in [-0.4, -0.2) is 75.6 Å². The summed E-state index contributed by atoms with van der Waals surface area (Å²) >= 11 is 0.673. The molecule has 0 saturated carbocycles. The number of nitriles is 1. The topological polar surface area (TPSA) is 138 Å². The van der Waals surface area contributed by atoms with E-state index in [1.807, 2.05) is 11.0 Å². The summed E-state index contributed by atoms with van der Waals surface area (Å²) in [5, 5.41) is 16.1.